The Hall–Kier alpha value is -2.86. The Kier molecular flexibility index (Phi) is 4.81. The Bertz CT molecular complexity index is 838. The summed E-state index contributed by atoms with van der Waals surface area (Å²) in [6.45, 7) is 3.50. The van der Waals surface area contributed by atoms with Gasteiger partial charge in [0.15, 0.2) is 0 Å². The molecule has 0 radical (unpaired) electrons. The van der Waals surface area contributed by atoms with E-state index in [0.29, 0.717) is 34.4 Å². The Morgan fingerprint density at radius 2 is 1.70 bits per heavy atom. The van der Waals surface area contributed by atoms with Gasteiger partial charge in [-0.2, -0.15) is 0 Å². The molecule has 2 fully saturated rings. The number of fused-ring (bicyclic) bond motifs is 1. The number of likely N-dealkylation sites (tertiary alicyclic amines) is 1. The highest BCUT2D eigenvalue weighted by Gasteiger charge is 2.38. The molecule has 2 amide bonds. The number of anilines is 1. The van der Waals surface area contributed by atoms with Gasteiger partial charge in [-0.1, -0.05) is 12.1 Å². The SMILES string of the molecule is COc1ccc(C(=O)Nc2ccccc2C(=O)N2C[C@H]3CNC[C@H]3C2)cc1. The van der Waals surface area contributed by atoms with Crippen LogP contribution < -0.4 is 15.4 Å². The quantitative estimate of drug-likeness (QED) is 0.872. The van der Waals surface area contributed by atoms with Crippen LogP contribution in [0.25, 0.3) is 0 Å². The summed E-state index contributed by atoms with van der Waals surface area (Å²) < 4.78 is 5.12. The number of hydrogen-bond acceptors (Lipinski definition) is 4. The predicted octanol–water partition coefficient (Wildman–Crippen LogP) is 2.24. The van der Waals surface area contributed by atoms with Crippen LogP contribution in [0.15, 0.2) is 48.5 Å². The maximum Gasteiger partial charge on any atom is 0.255 e. The summed E-state index contributed by atoms with van der Waals surface area (Å²) >= 11 is 0. The van der Waals surface area contributed by atoms with Crippen LogP contribution in [0.4, 0.5) is 5.69 Å². The first-order valence-corrected chi connectivity index (χ1v) is 9.20. The summed E-state index contributed by atoms with van der Waals surface area (Å²) in [6.07, 6.45) is 0. The van der Waals surface area contributed by atoms with Gasteiger partial charge in [0.2, 0.25) is 0 Å². The van der Waals surface area contributed by atoms with E-state index in [0.717, 1.165) is 26.2 Å². The van der Waals surface area contributed by atoms with Gasteiger partial charge in [0.1, 0.15) is 5.75 Å². The van der Waals surface area contributed by atoms with Crippen molar-refractivity contribution in [3.05, 3.63) is 59.7 Å². The number of methoxy groups -OCH3 is 1. The van der Waals surface area contributed by atoms with Crippen molar-refractivity contribution in [1.29, 1.82) is 0 Å². The monoisotopic (exact) mass is 365 g/mol. The van der Waals surface area contributed by atoms with E-state index in [4.69, 9.17) is 4.74 Å². The average molecular weight is 365 g/mol. The number of carbonyl (C=O) groups excluding carboxylic acids is 2. The molecule has 2 atom stereocenters. The lowest BCUT2D eigenvalue weighted by Crippen LogP contribution is -2.32. The summed E-state index contributed by atoms with van der Waals surface area (Å²) in [5.41, 5.74) is 1.59. The highest BCUT2D eigenvalue weighted by atomic mass is 16.5. The molecule has 2 heterocycles. The normalized spacial score (nSPS) is 21.0. The molecule has 2 saturated heterocycles. The number of amides is 2. The Balaban J connectivity index is 1.50. The van der Waals surface area contributed by atoms with Crippen molar-refractivity contribution < 1.29 is 14.3 Å². The highest BCUT2D eigenvalue weighted by Crippen LogP contribution is 2.29. The number of ether oxygens (including phenoxy) is 1. The van der Waals surface area contributed by atoms with Gasteiger partial charge in [-0.25, -0.2) is 0 Å². The lowest BCUT2D eigenvalue weighted by Gasteiger charge is -2.19. The molecule has 0 saturated carbocycles. The van der Waals surface area contributed by atoms with Gasteiger partial charge < -0.3 is 20.3 Å². The fraction of sp³-hybridized carbons (Fsp3) is 0.333. The molecule has 4 rings (SSSR count). The van der Waals surface area contributed by atoms with Gasteiger partial charge >= 0.3 is 0 Å². The number of hydrogen-bond donors (Lipinski definition) is 2. The fourth-order valence-electron chi connectivity index (χ4n) is 3.91. The molecule has 2 aromatic carbocycles. The highest BCUT2D eigenvalue weighted by molar-refractivity contribution is 6.09. The van der Waals surface area contributed by atoms with E-state index in [-0.39, 0.29) is 11.8 Å². The Morgan fingerprint density at radius 3 is 2.37 bits per heavy atom. The molecule has 0 spiro atoms. The second-order valence-electron chi connectivity index (χ2n) is 7.12. The van der Waals surface area contributed by atoms with Crippen molar-refractivity contribution in [3.8, 4) is 5.75 Å². The lowest BCUT2D eigenvalue weighted by molar-refractivity contribution is 0.0782. The lowest BCUT2D eigenvalue weighted by atomic mass is 10.0. The summed E-state index contributed by atoms with van der Waals surface area (Å²) in [7, 11) is 1.58. The second-order valence-corrected chi connectivity index (χ2v) is 7.12. The summed E-state index contributed by atoms with van der Waals surface area (Å²) in [4.78, 5) is 27.5. The zero-order valence-electron chi connectivity index (χ0n) is 15.3. The molecular formula is C21H23N3O3. The minimum Gasteiger partial charge on any atom is -0.497 e. The van der Waals surface area contributed by atoms with Crippen LogP contribution in [0.2, 0.25) is 0 Å². The van der Waals surface area contributed by atoms with Crippen LogP contribution in [0.1, 0.15) is 20.7 Å². The standard InChI is InChI=1S/C21H23N3O3/c1-27-17-8-6-14(7-9-17)20(25)23-19-5-3-2-4-18(19)21(26)24-12-15-10-22-11-16(15)13-24/h2-9,15-16,22H,10-13H2,1H3,(H,23,25)/t15-,16+. The van der Waals surface area contributed by atoms with E-state index < -0.39 is 0 Å². The minimum atomic E-state index is -0.250. The van der Waals surface area contributed by atoms with Gasteiger partial charge in [-0.05, 0) is 48.2 Å². The van der Waals surface area contributed by atoms with Crippen molar-refractivity contribution in [3.63, 3.8) is 0 Å². The van der Waals surface area contributed by atoms with Crippen molar-refractivity contribution in [1.82, 2.24) is 10.2 Å². The molecule has 2 N–H and O–H groups in total. The van der Waals surface area contributed by atoms with Crippen molar-refractivity contribution >= 4 is 17.5 Å². The molecule has 2 aliphatic heterocycles. The van der Waals surface area contributed by atoms with Crippen LogP contribution in [0.5, 0.6) is 5.75 Å². The van der Waals surface area contributed by atoms with Crippen molar-refractivity contribution in [2.24, 2.45) is 11.8 Å². The van der Waals surface area contributed by atoms with Crippen molar-refractivity contribution in [2.75, 3.05) is 38.6 Å². The molecular weight excluding hydrogens is 342 g/mol. The van der Waals surface area contributed by atoms with Crippen LogP contribution >= 0.6 is 0 Å². The first-order valence-electron chi connectivity index (χ1n) is 9.20. The third-order valence-corrected chi connectivity index (χ3v) is 5.43. The average Bonchev–Trinajstić information content (AvgIpc) is 3.30. The molecule has 27 heavy (non-hydrogen) atoms. The van der Waals surface area contributed by atoms with E-state index in [9.17, 15) is 9.59 Å². The fourth-order valence-corrected chi connectivity index (χ4v) is 3.91. The zero-order valence-corrected chi connectivity index (χ0v) is 15.3. The number of nitrogens with zero attached hydrogens (tertiary/aromatic N) is 1. The number of benzene rings is 2. The number of carbonyl (C=O) groups is 2. The smallest absolute Gasteiger partial charge is 0.255 e. The van der Waals surface area contributed by atoms with Crippen molar-refractivity contribution in [2.45, 2.75) is 0 Å². The third kappa shape index (κ3) is 3.53. The number of nitrogens with one attached hydrogen (secondary N) is 2. The van der Waals surface area contributed by atoms with Crippen LogP contribution in [0, 0.1) is 11.8 Å². The largest absolute Gasteiger partial charge is 0.497 e. The molecule has 140 valence electrons. The number of para-hydroxylation sites is 1. The van der Waals surface area contributed by atoms with Crippen LogP contribution in [-0.4, -0.2) is 50.0 Å². The van der Waals surface area contributed by atoms with E-state index in [1.54, 1.807) is 43.5 Å². The second kappa shape index (κ2) is 7.40. The van der Waals surface area contributed by atoms with Gasteiger partial charge in [-0.3, -0.25) is 9.59 Å². The van der Waals surface area contributed by atoms with Gasteiger partial charge in [0.25, 0.3) is 11.8 Å². The van der Waals surface area contributed by atoms with E-state index in [1.165, 1.54) is 0 Å². The Labute approximate surface area is 158 Å². The van der Waals surface area contributed by atoms with Crippen LogP contribution in [-0.2, 0) is 0 Å². The van der Waals surface area contributed by atoms with Gasteiger partial charge in [0, 0.05) is 31.7 Å². The summed E-state index contributed by atoms with van der Waals surface area (Å²) in [5, 5.41) is 6.26. The van der Waals surface area contributed by atoms with Crippen LogP contribution in [0.3, 0.4) is 0 Å². The summed E-state index contributed by atoms with van der Waals surface area (Å²) in [6, 6.07) is 14.1. The molecule has 6 heteroatoms. The summed E-state index contributed by atoms with van der Waals surface area (Å²) in [5.74, 6) is 1.50. The first-order chi connectivity index (χ1) is 13.2. The molecule has 0 aliphatic carbocycles. The molecule has 0 aromatic heterocycles. The number of rotatable bonds is 4. The van der Waals surface area contributed by atoms with E-state index >= 15 is 0 Å². The molecule has 6 nitrogen and oxygen atoms in total. The third-order valence-electron chi connectivity index (χ3n) is 5.43. The minimum absolute atomic E-state index is 0.0185. The maximum atomic E-state index is 13.0. The molecule has 0 unspecified atom stereocenters. The zero-order chi connectivity index (χ0) is 18.8. The van der Waals surface area contributed by atoms with Gasteiger partial charge in [-0.15, -0.1) is 0 Å². The van der Waals surface area contributed by atoms with E-state index in [1.807, 2.05) is 17.0 Å². The predicted molar refractivity (Wildman–Crippen MR) is 103 cm³/mol. The first kappa shape index (κ1) is 17.5. The molecule has 2 aromatic rings. The van der Waals surface area contributed by atoms with Gasteiger partial charge in [0.05, 0.1) is 18.4 Å². The molecule has 2 aliphatic rings. The topological polar surface area (TPSA) is 70.7 Å². The molecule has 0 bridgehead atoms. The maximum absolute atomic E-state index is 13.0. The van der Waals surface area contributed by atoms with E-state index in [2.05, 4.69) is 10.6 Å². The Morgan fingerprint density at radius 1 is 1.04 bits per heavy atom.